The summed E-state index contributed by atoms with van der Waals surface area (Å²) in [5, 5.41) is 8.52. The summed E-state index contributed by atoms with van der Waals surface area (Å²) >= 11 is 0. The molecule has 5 nitrogen and oxygen atoms in total. The molecule has 0 bridgehead atoms. The van der Waals surface area contributed by atoms with Crippen molar-refractivity contribution in [1.29, 1.82) is 5.26 Å². The molecule has 5 heteroatoms. The maximum absolute atomic E-state index is 11.9. The fourth-order valence-corrected chi connectivity index (χ4v) is 1.74. The van der Waals surface area contributed by atoms with E-state index in [9.17, 15) is 4.79 Å². The molecule has 0 atom stereocenters. The smallest absolute Gasteiger partial charge is 0.246 e. The first-order valence-corrected chi connectivity index (χ1v) is 7.23. The molecule has 0 fully saturated rings. The largest absolute Gasteiger partial charge is 0.493 e. The van der Waals surface area contributed by atoms with Gasteiger partial charge in [0, 0.05) is 19.7 Å². The van der Waals surface area contributed by atoms with Crippen molar-refractivity contribution in [3.8, 4) is 17.6 Å². The number of ether oxygens (including phenoxy) is 2. The van der Waals surface area contributed by atoms with E-state index in [-0.39, 0.29) is 5.91 Å². The highest BCUT2D eigenvalue weighted by atomic mass is 16.5. The molecule has 0 aromatic heterocycles. The van der Waals surface area contributed by atoms with Crippen molar-refractivity contribution in [2.75, 3.05) is 27.3 Å². The van der Waals surface area contributed by atoms with Crippen LogP contribution in [0, 0.1) is 11.3 Å². The normalized spacial score (nSPS) is 10.3. The molecule has 0 heterocycles. The Labute approximate surface area is 131 Å². The summed E-state index contributed by atoms with van der Waals surface area (Å²) in [5.74, 6) is 1.19. The zero-order valence-corrected chi connectivity index (χ0v) is 13.3. The SMILES string of the molecule is CCCOc1ccc(C=CC(=O)N(C)CCC#N)cc1OC. The minimum absolute atomic E-state index is 0.138. The summed E-state index contributed by atoms with van der Waals surface area (Å²) in [6, 6.07) is 7.54. The highest BCUT2D eigenvalue weighted by molar-refractivity contribution is 5.91. The van der Waals surface area contributed by atoms with Gasteiger partial charge < -0.3 is 14.4 Å². The highest BCUT2D eigenvalue weighted by Gasteiger charge is 2.06. The van der Waals surface area contributed by atoms with Crippen molar-refractivity contribution >= 4 is 12.0 Å². The van der Waals surface area contributed by atoms with Crippen LogP contribution in [-0.4, -0.2) is 38.1 Å². The predicted octanol–water partition coefficient (Wildman–Crippen LogP) is 2.87. The number of likely N-dealkylation sites (N-methyl/N-ethyl adjacent to an activating group) is 1. The van der Waals surface area contributed by atoms with E-state index >= 15 is 0 Å². The van der Waals surface area contributed by atoms with Crippen LogP contribution in [-0.2, 0) is 4.79 Å². The zero-order chi connectivity index (χ0) is 16.4. The van der Waals surface area contributed by atoms with Crippen molar-refractivity contribution in [3.05, 3.63) is 29.8 Å². The number of nitriles is 1. The molecule has 1 aromatic carbocycles. The molecule has 0 aliphatic carbocycles. The number of carbonyl (C=O) groups excluding carboxylic acids is 1. The Hall–Kier alpha value is -2.48. The molecule has 0 spiro atoms. The number of carbonyl (C=O) groups is 1. The molecule has 22 heavy (non-hydrogen) atoms. The van der Waals surface area contributed by atoms with E-state index in [0.29, 0.717) is 31.1 Å². The van der Waals surface area contributed by atoms with Gasteiger partial charge >= 0.3 is 0 Å². The van der Waals surface area contributed by atoms with Crippen LogP contribution in [0.2, 0.25) is 0 Å². The second-order valence-corrected chi connectivity index (χ2v) is 4.76. The van der Waals surface area contributed by atoms with Crippen molar-refractivity contribution in [2.45, 2.75) is 19.8 Å². The molecule has 0 N–H and O–H groups in total. The first kappa shape index (κ1) is 17.6. The van der Waals surface area contributed by atoms with E-state index < -0.39 is 0 Å². The molecule has 1 aromatic rings. The first-order chi connectivity index (χ1) is 10.6. The van der Waals surface area contributed by atoms with Crippen LogP contribution in [0.15, 0.2) is 24.3 Å². The highest BCUT2D eigenvalue weighted by Crippen LogP contribution is 2.28. The lowest BCUT2D eigenvalue weighted by atomic mass is 10.2. The number of nitrogens with zero attached hydrogens (tertiary/aromatic N) is 2. The van der Waals surface area contributed by atoms with Crippen LogP contribution in [0.4, 0.5) is 0 Å². The third-order valence-corrected chi connectivity index (χ3v) is 3.00. The van der Waals surface area contributed by atoms with Gasteiger partial charge in [0.05, 0.1) is 26.2 Å². The first-order valence-electron chi connectivity index (χ1n) is 7.23. The summed E-state index contributed by atoms with van der Waals surface area (Å²) in [7, 11) is 3.26. The molecule has 0 radical (unpaired) electrons. The van der Waals surface area contributed by atoms with Gasteiger partial charge in [0.15, 0.2) is 11.5 Å². The Kier molecular flexibility index (Phi) is 7.55. The van der Waals surface area contributed by atoms with Crippen LogP contribution in [0.3, 0.4) is 0 Å². The van der Waals surface area contributed by atoms with Gasteiger partial charge in [0.1, 0.15) is 0 Å². The van der Waals surface area contributed by atoms with E-state index in [4.69, 9.17) is 14.7 Å². The Morgan fingerprint density at radius 1 is 1.41 bits per heavy atom. The van der Waals surface area contributed by atoms with Gasteiger partial charge in [-0.3, -0.25) is 4.79 Å². The maximum atomic E-state index is 11.9. The lowest BCUT2D eigenvalue weighted by molar-refractivity contribution is -0.124. The van der Waals surface area contributed by atoms with E-state index in [1.54, 1.807) is 20.2 Å². The molecule has 0 saturated carbocycles. The minimum atomic E-state index is -0.138. The number of methoxy groups -OCH3 is 1. The van der Waals surface area contributed by atoms with E-state index in [1.807, 2.05) is 31.2 Å². The van der Waals surface area contributed by atoms with Crippen LogP contribution < -0.4 is 9.47 Å². The number of benzene rings is 1. The molecule has 0 saturated heterocycles. The summed E-state index contributed by atoms with van der Waals surface area (Å²) in [6.45, 7) is 3.10. The van der Waals surface area contributed by atoms with Crippen LogP contribution in [0.1, 0.15) is 25.3 Å². The molecular weight excluding hydrogens is 280 g/mol. The van der Waals surface area contributed by atoms with Crippen molar-refractivity contribution in [1.82, 2.24) is 4.90 Å². The van der Waals surface area contributed by atoms with Gasteiger partial charge in [-0.1, -0.05) is 13.0 Å². The van der Waals surface area contributed by atoms with Crippen molar-refractivity contribution < 1.29 is 14.3 Å². The van der Waals surface area contributed by atoms with Crippen molar-refractivity contribution in [3.63, 3.8) is 0 Å². The van der Waals surface area contributed by atoms with E-state index in [2.05, 4.69) is 0 Å². The van der Waals surface area contributed by atoms with Gasteiger partial charge in [-0.25, -0.2) is 0 Å². The Morgan fingerprint density at radius 2 is 2.18 bits per heavy atom. The fraction of sp³-hybridized carbons (Fsp3) is 0.412. The average molecular weight is 302 g/mol. The number of rotatable bonds is 8. The minimum Gasteiger partial charge on any atom is -0.493 e. The third kappa shape index (κ3) is 5.49. The Balaban J connectivity index is 2.75. The van der Waals surface area contributed by atoms with Gasteiger partial charge in [0.2, 0.25) is 5.91 Å². The van der Waals surface area contributed by atoms with Gasteiger partial charge in [-0.05, 0) is 30.2 Å². The zero-order valence-electron chi connectivity index (χ0n) is 13.3. The second-order valence-electron chi connectivity index (χ2n) is 4.76. The van der Waals surface area contributed by atoms with Crippen LogP contribution in [0.5, 0.6) is 11.5 Å². The van der Waals surface area contributed by atoms with Crippen LogP contribution >= 0.6 is 0 Å². The van der Waals surface area contributed by atoms with Crippen LogP contribution in [0.25, 0.3) is 6.08 Å². The summed E-state index contributed by atoms with van der Waals surface area (Å²) in [6.07, 6.45) is 4.46. The number of hydrogen-bond donors (Lipinski definition) is 0. The number of hydrogen-bond acceptors (Lipinski definition) is 4. The second kappa shape index (κ2) is 9.46. The molecule has 1 amide bonds. The molecular formula is C17H22N2O3. The Bertz CT molecular complexity index is 562. The predicted molar refractivity (Wildman–Crippen MR) is 85.7 cm³/mol. The number of amides is 1. The summed E-state index contributed by atoms with van der Waals surface area (Å²) in [5.41, 5.74) is 0.850. The lowest BCUT2D eigenvalue weighted by Crippen LogP contribution is -2.25. The third-order valence-electron chi connectivity index (χ3n) is 3.00. The summed E-state index contributed by atoms with van der Waals surface area (Å²) < 4.78 is 10.9. The van der Waals surface area contributed by atoms with Gasteiger partial charge in [-0.2, -0.15) is 5.26 Å². The maximum Gasteiger partial charge on any atom is 0.246 e. The quantitative estimate of drug-likeness (QED) is 0.693. The van der Waals surface area contributed by atoms with Gasteiger partial charge in [0.25, 0.3) is 0 Å². The van der Waals surface area contributed by atoms with Crippen molar-refractivity contribution in [2.24, 2.45) is 0 Å². The van der Waals surface area contributed by atoms with Gasteiger partial charge in [-0.15, -0.1) is 0 Å². The standard InChI is InChI=1S/C17H22N2O3/c1-4-12-22-15-8-6-14(13-16(15)21-3)7-9-17(20)19(2)11-5-10-18/h6-9,13H,4-5,11-12H2,1-3H3. The average Bonchev–Trinajstić information content (AvgIpc) is 2.55. The Morgan fingerprint density at radius 3 is 2.82 bits per heavy atom. The lowest BCUT2D eigenvalue weighted by Gasteiger charge is -2.12. The van der Waals surface area contributed by atoms with E-state index in [0.717, 1.165) is 12.0 Å². The monoisotopic (exact) mass is 302 g/mol. The van der Waals surface area contributed by atoms with E-state index in [1.165, 1.54) is 11.0 Å². The summed E-state index contributed by atoms with van der Waals surface area (Å²) in [4.78, 5) is 13.4. The molecule has 0 aliphatic rings. The molecule has 1 rings (SSSR count). The molecule has 0 aliphatic heterocycles. The molecule has 0 unspecified atom stereocenters. The fourth-order valence-electron chi connectivity index (χ4n) is 1.74. The molecule has 118 valence electrons. The topological polar surface area (TPSA) is 62.6 Å².